The van der Waals surface area contributed by atoms with Crippen LogP contribution in [0.2, 0.25) is 0 Å². The molecule has 0 aromatic rings. The Labute approximate surface area is 101 Å². The Kier molecular flexibility index (Phi) is 4.81. The summed E-state index contributed by atoms with van der Waals surface area (Å²) in [4.78, 5) is 0. The van der Waals surface area contributed by atoms with Gasteiger partial charge in [0.05, 0.1) is 5.60 Å². The van der Waals surface area contributed by atoms with E-state index in [1.165, 1.54) is 32.1 Å². The SMILES string of the molecule is CCNC1CCC(C)(CCC(C)(C)OC)C1. The molecule has 0 radical (unpaired) electrons. The third-order valence-corrected chi connectivity index (χ3v) is 4.21. The molecule has 2 heteroatoms. The van der Waals surface area contributed by atoms with Gasteiger partial charge in [-0.2, -0.15) is 0 Å². The Morgan fingerprint density at radius 1 is 1.44 bits per heavy atom. The number of methoxy groups -OCH3 is 1. The van der Waals surface area contributed by atoms with E-state index < -0.39 is 0 Å². The van der Waals surface area contributed by atoms with E-state index in [-0.39, 0.29) is 5.60 Å². The molecule has 1 saturated carbocycles. The van der Waals surface area contributed by atoms with Crippen LogP contribution >= 0.6 is 0 Å². The van der Waals surface area contributed by atoms with Crippen molar-refractivity contribution in [3.05, 3.63) is 0 Å². The summed E-state index contributed by atoms with van der Waals surface area (Å²) in [6.45, 7) is 10.1. The van der Waals surface area contributed by atoms with Gasteiger partial charge in [0, 0.05) is 13.2 Å². The highest BCUT2D eigenvalue weighted by Crippen LogP contribution is 2.42. The van der Waals surface area contributed by atoms with E-state index in [4.69, 9.17) is 4.74 Å². The van der Waals surface area contributed by atoms with Crippen LogP contribution < -0.4 is 5.32 Å². The summed E-state index contributed by atoms with van der Waals surface area (Å²) in [6, 6.07) is 0.751. The second kappa shape index (κ2) is 5.50. The molecule has 96 valence electrons. The molecule has 1 aliphatic carbocycles. The third-order valence-electron chi connectivity index (χ3n) is 4.21. The second-order valence-corrected chi connectivity index (χ2v) is 6.27. The molecule has 0 spiro atoms. The molecule has 1 aliphatic rings. The minimum atomic E-state index is 0.0410. The number of hydrogen-bond acceptors (Lipinski definition) is 2. The van der Waals surface area contributed by atoms with Crippen molar-refractivity contribution in [2.24, 2.45) is 5.41 Å². The van der Waals surface area contributed by atoms with Gasteiger partial charge in [0.25, 0.3) is 0 Å². The lowest BCUT2D eigenvalue weighted by molar-refractivity contribution is 0.00490. The van der Waals surface area contributed by atoms with Crippen LogP contribution in [0, 0.1) is 5.41 Å². The lowest BCUT2D eigenvalue weighted by Gasteiger charge is -2.30. The summed E-state index contributed by atoms with van der Waals surface area (Å²) in [7, 11) is 1.82. The molecule has 16 heavy (non-hydrogen) atoms. The highest BCUT2D eigenvalue weighted by Gasteiger charge is 2.35. The van der Waals surface area contributed by atoms with E-state index >= 15 is 0 Å². The van der Waals surface area contributed by atoms with Crippen LogP contribution in [0.5, 0.6) is 0 Å². The molecule has 2 nitrogen and oxygen atoms in total. The van der Waals surface area contributed by atoms with Gasteiger partial charge < -0.3 is 10.1 Å². The van der Waals surface area contributed by atoms with Gasteiger partial charge in [0.2, 0.25) is 0 Å². The molecule has 1 N–H and O–H groups in total. The zero-order chi connectivity index (χ0) is 12.2. The molecule has 0 aromatic heterocycles. The van der Waals surface area contributed by atoms with E-state index in [0.29, 0.717) is 5.41 Å². The van der Waals surface area contributed by atoms with E-state index in [1.807, 2.05) is 7.11 Å². The number of ether oxygens (including phenoxy) is 1. The van der Waals surface area contributed by atoms with Crippen LogP contribution in [0.1, 0.15) is 59.8 Å². The zero-order valence-corrected chi connectivity index (χ0v) is 11.7. The maximum absolute atomic E-state index is 5.50. The van der Waals surface area contributed by atoms with Crippen LogP contribution in [-0.4, -0.2) is 25.3 Å². The molecular weight excluding hydrogens is 198 g/mol. The van der Waals surface area contributed by atoms with Gasteiger partial charge in [-0.15, -0.1) is 0 Å². The quantitative estimate of drug-likeness (QED) is 0.751. The monoisotopic (exact) mass is 227 g/mol. The number of nitrogens with one attached hydrogen (secondary N) is 1. The normalized spacial score (nSPS) is 30.9. The lowest BCUT2D eigenvalue weighted by Crippen LogP contribution is -2.29. The van der Waals surface area contributed by atoms with Crippen molar-refractivity contribution in [2.75, 3.05) is 13.7 Å². The van der Waals surface area contributed by atoms with Crippen molar-refractivity contribution >= 4 is 0 Å². The first-order chi connectivity index (χ1) is 7.41. The molecule has 1 fully saturated rings. The molecular formula is C14H29NO. The number of rotatable bonds is 6. The summed E-state index contributed by atoms with van der Waals surface area (Å²) >= 11 is 0. The topological polar surface area (TPSA) is 21.3 Å². The molecule has 0 heterocycles. The molecule has 2 unspecified atom stereocenters. The summed E-state index contributed by atoms with van der Waals surface area (Å²) in [5.41, 5.74) is 0.571. The first-order valence-electron chi connectivity index (χ1n) is 6.69. The minimum Gasteiger partial charge on any atom is -0.379 e. The fourth-order valence-corrected chi connectivity index (χ4v) is 2.72. The van der Waals surface area contributed by atoms with Crippen LogP contribution in [-0.2, 0) is 4.74 Å². The summed E-state index contributed by atoms with van der Waals surface area (Å²) in [5, 5.41) is 3.58. The highest BCUT2D eigenvalue weighted by atomic mass is 16.5. The van der Waals surface area contributed by atoms with Crippen molar-refractivity contribution in [1.82, 2.24) is 5.32 Å². The van der Waals surface area contributed by atoms with Gasteiger partial charge in [-0.25, -0.2) is 0 Å². The van der Waals surface area contributed by atoms with Crippen molar-refractivity contribution in [3.8, 4) is 0 Å². The Morgan fingerprint density at radius 3 is 2.69 bits per heavy atom. The Bertz CT molecular complexity index is 215. The van der Waals surface area contributed by atoms with Gasteiger partial charge >= 0.3 is 0 Å². The largest absolute Gasteiger partial charge is 0.379 e. The molecule has 0 aliphatic heterocycles. The van der Waals surface area contributed by atoms with Crippen LogP contribution in [0.4, 0.5) is 0 Å². The Balaban J connectivity index is 2.37. The van der Waals surface area contributed by atoms with Crippen LogP contribution in [0.25, 0.3) is 0 Å². The zero-order valence-electron chi connectivity index (χ0n) is 11.7. The van der Waals surface area contributed by atoms with E-state index in [9.17, 15) is 0 Å². The van der Waals surface area contributed by atoms with Gasteiger partial charge in [-0.1, -0.05) is 13.8 Å². The van der Waals surface area contributed by atoms with Gasteiger partial charge in [-0.05, 0) is 57.9 Å². The summed E-state index contributed by atoms with van der Waals surface area (Å²) < 4.78 is 5.50. The molecule has 0 saturated heterocycles. The Morgan fingerprint density at radius 2 is 2.12 bits per heavy atom. The van der Waals surface area contributed by atoms with Crippen molar-refractivity contribution < 1.29 is 4.74 Å². The molecule has 0 bridgehead atoms. The fraction of sp³-hybridized carbons (Fsp3) is 1.00. The molecule has 0 aromatic carbocycles. The molecule has 1 rings (SSSR count). The number of hydrogen-bond donors (Lipinski definition) is 1. The fourth-order valence-electron chi connectivity index (χ4n) is 2.72. The molecule has 0 amide bonds. The maximum atomic E-state index is 5.50. The highest BCUT2D eigenvalue weighted by molar-refractivity contribution is 4.90. The standard InChI is InChI=1S/C14H29NO/c1-6-15-12-7-8-14(4,11-12)10-9-13(2,3)16-5/h12,15H,6-11H2,1-5H3. The average Bonchev–Trinajstić information content (AvgIpc) is 2.60. The van der Waals surface area contributed by atoms with Crippen molar-refractivity contribution in [2.45, 2.75) is 71.4 Å². The summed E-state index contributed by atoms with van der Waals surface area (Å²) in [5.74, 6) is 0. The molecule has 2 atom stereocenters. The predicted molar refractivity (Wildman–Crippen MR) is 69.7 cm³/mol. The van der Waals surface area contributed by atoms with E-state index in [0.717, 1.165) is 12.6 Å². The smallest absolute Gasteiger partial charge is 0.0623 e. The van der Waals surface area contributed by atoms with Gasteiger partial charge in [0.1, 0.15) is 0 Å². The lowest BCUT2D eigenvalue weighted by atomic mass is 9.80. The van der Waals surface area contributed by atoms with Gasteiger partial charge in [-0.3, -0.25) is 0 Å². The summed E-state index contributed by atoms with van der Waals surface area (Å²) in [6.07, 6.45) is 6.50. The first kappa shape index (κ1) is 14.0. The van der Waals surface area contributed by atoms with Crippen LogP contribution in [0.3, 0.4) is 0 Å². The maximum Gasteiger partial charge on any atom is 0.0623 e. The van der Waals surface area contributed by atoms with Crippen molar-refractivity contribution in [3.63, 3.8) is 0 Å². The Hall–Kier alpha value is -0.0800. The second-order valence-electron chi connectivity index (χ2n) is 6.27. The van der Waals surface area contributed by atoms with E-state index in [1.54, 1.807) is 0 Å². The van der Waals surface area contributed by atoms with Gasteiger partial charge in [0.15, 0.2) is 0 Å². The van der Waals surface area contributed by atoms with Crippen LogP contribution in [0.15, 0.2) is 0 Å². The predicted octanol–water partition coefficient (Wildman–Crippen LogP) is 3.36. The third kappa shape index (κ3) is 4.06. The average molecular weight is 227 g/mol. The first-order valence-corrected chi connectivity index (χ1v) is 6.69. The van der Waals surface area contributed by atoms with Crippen molar-refractivity contribution in [1.29, 1.82) is 0 Å². The van der Waals surface area contributed by atoms with E-state index in [2.05, 4.69) is 33.0 Å². The minimum absolute atomic E-state index is 0.0410.